The summed E-state index contributed by atoms with van der Waals surface area (Å²) in [5, 5.41) is 54.0. The third-order valence-corrected chi connectivity index (χ3v) is 9.60. The van der Waals surface area contributed by atoms with Crippen LogP contribution < -0.4 is 5.32 Å². The maximum Gasteiger partial charge on any atom is 0.220 e. The van der Waals surface area contributed by atoms with E-state index in [2.05, 4.69) is 55.6 Å². The molecule has 0 aromatic carbocycles. The summed E-state index contributed by atoms with van der Waals surface area (Å²) in [5.74, 6) is -0.204. The van der Waals surface area contributed by atoms with E-state index in [1.54, 1.807) is 6.08 Å². The number of unbranched alkanes of at least 4 members (excludes halogenated alkanes) is 17. The Hall–Kier alpha value is -1.85. The van der Waals surface area contributed by atoms with Crippen LogP contribution in [0.2, 0.25) is 0 Å². The van der Waals surface area contributed by atoms with Crippen molar-refractivity contribution >= 4 is 5.91 Å². The summed E-state index contributed by atoms with van der Waals surface area (Å²) in [7, 11) is 0. The Morgan fingerprint density at radius 2 is 1.10 bits per heavy atom. The van der Waals surface area contributed by atoms with Gasteiger partial charge in [-0.05, 0) is 70.6 Å². The van der Waals surface area contributed by atoms with Crippen molar-refractivity contribution in [1.29, 1.82) is 0 Å². The van der Waals surface area contributed by atoms with E-state index >= 15 is 0 Å². The molecule has 0 aliphatic carbocycles. The number of amides is 1. The zero-order chi connectivity index (χ0) is 38.1. The molecule has 1 aliphatic heterocycles. The lowest BCUT2D eigenvalue weighted by Gasteiger charge is -2.40. The maximum absolute atomic E-state index is 12.9. The predicted octanol–water partition coefficient (Wildman–Crippen LogP) is 7.89. The molecule has 0 saturated carbocycles. The minimum Gasteiger partial charge on any atom is -0.394 e. The van der Waals surface area contributed by atoms with Gasteiger partial charge in [0.1, 0.15) is 24.4 Å². The molecule has 52 heavy (non-hydrogen) atoms. The van der Waals surface area contributed by atoms with Crippen LogP contribution in [0.3, 0.4) is 0 Å². The van der Waals surface area contributed by atoms with Crippen molar-refractivity contribution in [2.24, 2.45) is 0 Å². The van der Waals surface area contributed by atoms with Gasteiger partial charge in [-0.3, -0.25) is 4.79 Å². The molecule has 1 amide bonds. The Bertz CT molecular complexity index is 951. The lowest BCUT2D eigenvalue weighted by molar-refractivity contribution is -0.302. The Labute approximate surface area is 316 Å². The Kier molecular flexibility index (Phi) is 31.2. The van der Waals surface area contributed by atoms with Gasteiger partial charge >= 0.3 is 0 Å². The molecule has 7 unspecified atom stereocenters. The van der Waals surface area contributed by atoms with E-state index in [4.69, 9.17) is 9.47 Å². The number of hydrogen-bond donors (Lipinski definition) is 6. The average molecular weight is 736 g/mol. The van der Waals surface area contributed by atoms with Gasteiger partial charge in [-0.1, -0.05) is 133 Å². The van der Waals surface area contributed by atoms with Crippen molar-refractivity contribution in [2.75, 3.05) is 13.2 Å². The molecule has 1 fully saturated rings. The van der Waals surface area contributed by atoms with Gasteiger partial charge in [-0.25, -0.2) is 0 Å². The molecule has 6 N–H and O–H groups in total. The number of rotatable bonds is 33. The number of aliphatic hydroxyl groups excluding tert-OH is 5. The first-order valence-electron chi connectivity index (χ1n) is 20.9. The zero-order valence-electron chi connectivity index (χ0n) is 32.8. The Morgan fingerprint density at radius 3 is 1.63 bits per heavy atom. The van der Waals surface area contributed by atoms with Crippen LogP contribution in [0.1, 0.15) is 162 Å². The molecule has 0 radical (unpaired) electrons. The highest BCUT2D eigenvalue weighted by molar-refractivity contribution is 5.76. The van der Waals surface area contributed by atoms with Gasteiger partial charge in [0.2, 0.25) is 5.91 Å². The van der Waals surface area contributed by atoms with Crippen LogP contribution >= 0.6 is 0 Å². The first-order chi connectivity index (χ1) is 25.3. The molecular formula is C43H77NO8. The highest BCUT2D eigenvalue weighted by atomic mass is 16.7. The molecule has 0 aromatic heterocycles. The molecule has 1 rings (SSSR count). The number of ether oxygens (including phenoxy) is 2. The van der Waals surface area contributed by atoms with E-state index in [0.29, 0.717) is 6.42 Å². The molecular weight excluding hydrogens is 658 g/mol. The van der Waals surface area contributed by atoms with Gasteiger partial charge in [-0.15, -0.1) is 0 Å². The summed E-state index contributed by atoms with van der Waals surface area (Å²) in [6.45, 7) is 3.69. The number of hydrogen-bond acceptors (Lipinski definition) is 8. The molecule has 9 heteroatoms. The fraction of sp³-hybridized carbons (Fsp3) is 0.791. The number of carbonyl (C=O) groups is 1. The molecule has 0 aromatic rings. The van der Waals surface area contributed by atoms with Crippen molar-refractivity contribution in [3.8, 4) is 0 Å². The molecule has 0 bridgehead atoms. The highest BCUT2D eigenvalue weighted by Crippen LogP contribution is 2.22. The van der Waals surface area contributed by atoms with Crippen LogP contribution in [0.25, 0.3) is 0 Å². The van der Waals surface area contributed by atoms with Gasteiger partial charge < -0.3 is 40.3 Å². The fourth-order valence-electron chi connectivity index (χ4n) is 6.18. The number of allylic oxidation sites excluding steroid dienone is 7. The minimum atomic E-state index is -1.57. The molecule has 1 saturated heterocycles. The van der Waals surface area contributed by atoms with E-state index < -0.39 is 49.5 Å². The Morgan fingerprint density at radius 1 is 0.635 bits per heavy atom. The summed E-state index contributed by atoms with van der Waals surface area (Å²) in [6.07, 6.45) is 34.3. The van der Waals surface area contributed by atoms with Gasteiger partial charge in [0.15, 0.2) is 6.29 Å². The normalized spacial score (nSPS) is 22.3. The SMILES string of the molecule is CCCCCC/C=C\CCCCCCCC(=O)NC(COC1OC(CO)C(O)C(O)C1O)C(O)/C=C/CC/C=C/CC/C=C/CCCCCCCC. The van der Waals surface area contributed by atoms with Crippen molar-refractivity contribution < 1.29 is 39.8 Å². The largest absolute Gasteiger partial charge is 0.394 e. The van der Waals surface area contributed by atoms with Gasteiger partial charge in [0.25, 0.3) is 0 Å². The summed E-state index contributed by atoms with van der Waals surface area (Å²) in [6, 6.07) is -0.830. The molecule has 0 spiro atoms. The molecule has 1 aliphatic rings. The quantitative estimate of drug-likeness (QED) is 0.0295. The topological polar surface area (TPSA) is 149 Å². The van der Waals surface area contributed by atoms with E-state index in [9.17, 15) is 30.3 Å². The smallest absolute Gasteiger partial charge is 0.220 e. The summed E-state index contributed by atoms with van der Waals surface area (Å²) in [4.78, 5) is 12.9. The number of aliphatic hydroxyl groups is 5. The minimum absolute atomic E-state index is 0.204. The highest BCUT2D eigenvalue weighted by Gasteiger charge is 2.44. The van der Waals surface area contributed by atoms with Crippen LogP contribution in [0, 0.1) is 0 Å². The van der Waals surface area contributed by atoms with Crippen LogP contribution in [-0.4, -0.2) is 87.5 Å². The molecule has 9 nitrogen and oxygen atoms in total. The first kappa shape index (κ1) is 48.2. The zero-order valence-corrected chi connectivity index (χ0v) is 32.8. The maximum atomic E-state index is 12.9. The van der Waals surface area contributed by atoms with Gasteiger partial charge in [-0.2, -0.15) is 0 Å². The Balaban J connectivity index is 2.47. The summed E-state index contributed by atoms with van der Waals surface area (Å²) in [5.41, 5.74) is 0. The summed E-state index contributed by atoms with van der Waals surface area (Å²) >= 11 is 0. The molecule has 7 atom stereocenters. The summed E-state index contributed by atoms with van der Waals surface area (Å²) < 4.78 is 11.2. The average Bonchev–Trinajstić information content (AvgIpc) is 3.14. The second-order valence-corrected chi connectivity index (χ2v) is 14.4. The van der Waals surface area contributed by atoms with Gasteiger partial charge in [0.05, 0.1) is 25.4 Å². The first-order valence-corrected chi connectivity index (χ1v) is 20.9. The van der Waals surface area contributed by atoms with E-state index in [1.165, 1.54) is 70.6 Å². The van der Waals surface area contributed by atoms with E-state index in [1.807, 2.05) is 6.08 Å². The van der Waals surface area contributed by atoms with E-state index in [0.717, 1.165) is 70.6 Å². The lowest BCUT2D eigenvalue weighted by Crippen LogP contribution is -2.60. The lowest BCUT2D eigenvalue weighted by atomic mass is 9.99. The van der Waals surface area contributed by atoms with Crippen molar-refractivity contribution in [3.63, 3.8) is 0 Å². The second-order valence-electron chi connectivity index (χ2n) is 14.4. The fourth-order valence-corrected chi connectivity index (χ4v) is 6.18. The van der Waals surface area contributed by atoms with Crippen molar-refractivity contribution in [2.45, 2.75) is 204 Å². The molecule has 302 valence electrons. The van der Waals surface area contributed by atoms with Crippen LogP contribution in [0.15, 0.2) is 48.6 Å². The third-order valence-electron chi connectivity index (χ3n) is 9.60. The van der Waals surface area contributed by atoms with Crippen LogP contribution in [-0.2, 0) is 14.3 Å². The van der Waals surface area contributed by atoms with Crippen molar-refractivity contribution in [1.82, 2.24) is 5.32 Å². The van der Waals surface area contributed by atoms with E-state index in [-0.39, 0.29) is 12.5 Å². The van der Waals surface area contributed by atoms with Crippen molar-refractivity contribution in [3.05, 3.63) is 48.6 Å². The van der Waals surface area contributed by atoms with Gasteiger partial charge in [0, 0.05) is 6.42 Å². The predicted molar refractivity (Wildman–Crippen MR) is 212 cm³/mol. The number of carbonyl (C=O) groups excluding carboxylic acids is 1. The second kappa shape index (κ2) is 33.7. The number of nitrogens with one attached hydrogen (secondary N) is 1. The third kappa shape index (κ3) is 24.5. The standard InChI is InChI=1S/C43H77NO8/c1-3-5-7-9-11-13-15-17-18-19-21-22-24-26-28-30-32-37(46)36(35-51-43-42(50)41(49)40(48)38(34-45)52-43)44-39(47)33-31-29-27-25-23-20-16-14-12-10-8-6-4-2/h14,16-18,22,24,30,32,36-38,40-43,45-46,48-50H,3-13,15,19-21,23,25-29,31,33-35H2,1-2H3,(H,44,47)/b16-14-,18-17+,24-22+,32-30+. The van der Waals surface area contributed by atoms with Crippen LogP contribution in [0.4, 0.5) is 0 Å². The molecule has 1 heterocycles. The van der Waals surface area contributed by atoms with Crippen LogP contribution in [0.5, 0.6) is 0 Å². The monoisotopic (exact) mass is 736 g/mol.